The van der Waals surface area contributed by atoms with Crippen LogP contribution in [0.1, 0.15) is 27.7 Å². The molecular formula is C10H16O4. The highest BCUT2D eigenvalue weighted by molar-refractivity contribution is 5.89. The smallest absolute Gasteiger partial charge is 0.374 e. The SMILES string of the molecule is COC(=O)C(OC(C)=O)=C(C)C(C)C. The summed E-state index contributed by atoms with van der Waals surface area (Å²) >= 11 is 0. The Balaban J connectivity index is 4.98. The first-order chi connectivity index (χ1) is 6.40. The molecule has 0 atom stereocenters. The van der Waals surface area contributed by atoms with Gasteiger partial charge in [0.1, 0.15) is 0 Å². The van der Waals surface area contributed by atoms with Crippen LogP contribution in [-0.4, -0.2) is 19.0 Å². The molecule has 0 heterocycles. The van der Waals surface area contributed by atoms with Crippen LogP contribution in [0.5, 0.6) is 0 Å². The van der Waals surface area contributed by atoms with Crippen LogP contribution >= 0.6 is 0 Å². The molecule has 0 fully saturated rings. The van der Waals surface area contributed by atoms with Gasteiger partial charge in [0.25, 0.3) is 0 Å². The molecule has 0 radical (unpaired) electrons. The summed E-state index contributed by atoms with van der Waals surface area (Å²) in [7, 11) is 1.25. The molecule has 4 nitrogen and oxygen atoms in total. The maximum Gasteiger partial charge on any atom is 0.374 e. The maximum absolute atomic E-state index is 11.2. The lowest BCUT2D eigenvalue weighted by Crippen LogP contribution is -2.14. The van der Waals surface area contributed by atoms with Gasteiger partial charge in [-0.1, -0.05) is 13.8 Å². The van der Waals surface area contributed by atoms with E-state index in [4.69, 9.17) is 4.74 Å². The molecule has 0 rings (SSSR count). The zero-order valence-corrected chi connectivity index (χ0v) is 9.21. The highest BCUT2D eigenvalue weighted by Crippen LogP contribution is 2.16. The lowest BCUT2D eigenvalue weighted by Gasteiger charge is -2.11. The predicted molar refractivity (Wildman–Crippen MR) is 51.3 cm³/mol. The van der Waals surface area contributed by atoms with Crippen molar-refractivity contribution in [1.29, 1.82) is 0 Å². The van der Waals surface area contributed by atoms with Crippen molar-refractivity contribution >= 4 is 11.9 Å². The first-order valence-corrected chi connectivity index (χ1v) is 4.37. The van der Waals surface area contributed by atoms with Gasteiger partial charge in [-0.25, -0.2) is 4.79 Å². The molecule has 0 aromatic heterocycles. The molecule has 0 saturated heterocycles. The second kappa shape index (κ2) is 5.42. The van der Waals surface area contributed by atoms with Crippen molar-refractivity contribution in [2.24, 2.45) is 5.92 Å². The molecule has 0 amide bonds. The number of carbonyl (C=O) groups is 2. The van der Waals surface area contributed by atoms with E-state index < -0.39 is 11.9 Å². The summed E-state index contributed by atoms with van der Waals surface area (Å²) in [5.41, 5.74) is 0.701. The van der Waals surface area contributed by atoms with Gasteiger partial charge in [0.05, 0.1) is 7.11 Å². The lowest BCUT2D eigenvalue weighted by molar-refractivity contribution is -0.148. The van der Waals surface area contributed by atoms with E-state index in [9.17, 15) is 9.59 Å². The normalized spacial score (nSPS) is 12.1. The quantitative estimate of drug-likeness (QED) is 0.395. The van der Waals surface area contributed by atoms with Gasteiger partial charge in [0, 0.05) is 6.92 Å². The van der Waals surface area contributed by atoms with Gasteiger partial charge in [-0.2, -0.15) is 0 Å². The highest BCUT2D eigenvalue weighted by Gasteiger charge is 2.18. The van der Waals surface area contributed by atoms with E-state index in [0.29, 0.717) is 5.57 Å². The Morgan fingerprint density at radius 2 is 1.64 bits per heavy atom. The van der Waals surface area contributed by atoms with E-state index in [1.165, 1.54) is 14.0 Å². The zero-order chi connectivity index (χ0) is 11.3. The molecule has 0 aliphatic carbocycles. The summed E-state index contributed by atoms with van der Waals surface area (Å²) in [6.45, 7) is 6.79. The van der Waals surface area contributed by atoms with Crippen molar-refractivity contribution in [3.8, 4) is 0 Å². The minimum Gasteiger partial charge on any atom is -0.463 e. The average Bonchev–Trinajstić information content (AvgIpc) is 2.11. The van der Waals surface area contributed by atoms with Crippen LogP contribution < -0.4 is 0 Å². The van der Waals surface area contributed by atoms with E-state index in [0.717, 1.165) is 0 Å². The Labute approximate surface area is 83.9 Å². The van der Waals surface area contributed by atoms with Crippen LogP contribution in [0.4, 0.5) is 0 Å². The molecule has 0 saturated carbocycles. The molecule has 0 unspecified atom stereocenters. The van der Waals surface area contributed by atoms with E-state index >= 15 is 0 Å². The first-order valence-electron chi connectivity index (χ1n) is 4.37. The minimum atomic E-state index is -0.619. The molecule has 0 bridgehead atoms. The Hall–Kier alpha value is -1.32. The molecule has 0 aliphatic rings. The minimum absolute atomic E-state index is 0.00463. The molecule has 0 N–H and O–H groups in total. The first kappa shape index (κ1) is 12.7. The molecular weight excluding hydrogens is 184 g/mol. The van der Waals surface area contributed by atoms with E-state index in [1.807, 2.05) is 13.8 Å². The summed E-state index contributed by atoms with van der Waals surface area (Å²) < 4.78 is 9.30. The fraction of sp³-hybridized carbons (Fsp3) is 0.600. The van der Waals surface area contributed by atoms with Gasteiger partial charge in [-0.15, -0.1) is 0 Å². The summed E-state index contributed by atoms with van der Waals surface area (Å²) in [4.78, 5) is 22.0. The third-order valence-corrected chi connectivity index (χ3v) is 1.84. The molecule has 0 aromatic carbocycles. The number of methoxy groups -OCH3 is 1. The number of hydrogen-bond acceptors (Lipinski definition) is 4. The third-order valence-electron chi connectivity index (χ3n) is 1.84. The Morgan fingerprint density at radius 1 is 1.14 bits per heavy atom. The second-order valence-corrected chi connectivity index (χ2v) is 3.25. The fourth-order valence-electron chi connectivity index (χ4n) is 0.782. The molecule has 4 heteroatoms. The van der Waals surface area contributed by atoms with E-state index in [-0.39, 0.29) is 11.7 Å². The largest absolute Gasteiger partial charge is 0.463 e. The number of ether oxygens (including phenoxy) is 2. The van der Waals surface area contributed by atoms with Crippen LogP contribution in [0.2, 0.25) is 0 Å². The van der Waals surface area contributed by atoms with Gasteiger partial charge in [-0.05, 0) is 18.4 Å². The Kier molecular flexibility index (Phi) is 4.91. The fourth-order valence-corrected chi connectivity index (χ4v) is 0.782. The number of rotatable bonds is 3. The van der Waals surface area contributed by atoms with Gasteiger partial charge in [0.2, 0.25) is 5.76 Å². The Bertz CT molecular complexity index is 263. The van der Waals surface area contributed by atoms with Crippen molar-refractivity contribution in [2.45, 2.75) is 27.7 Å². The lowest BCUT2D eigenvalue weighted by atomic mass is 10.0. The van der Waals surface area contributed by atoms with E-state index in [2.05, 4.69) is 4.74 Å². The van der Waals surface area contributed by atoms with Crippen LogP contribution in [0, 0.1) is 5.92 Å². The number of esters is 2. The zero-order valence-electron chi connectivity index (χ0n) is 9.21. The highest BCUT2D eigenvalue weighted by atomic mass is 16.6. The number of carbonyl (C=O) groups excluding carboxylic acids is 2. The number of hydrogen-bond donors (Lipinski definition) is 0. The van der Waals surface area contributed by atoms with Crippen molar-refractivity contribution < 1.29 is 19.1 Å². The van der Waals surface area contributed by atoms with Crippen LogP contribution in [-0.2, 0) is 19.1 Å². The van der Waals surface area contributed by atoms with Crippen molar-refractivity contribution in [2.75, 3.05) is 7.11 Å². The monoisotopic (exact) mass is 200 g/mol. The molecule has 0 aromatic rings. The summed E-state index contributed by atoms with van der Waals surface area (Å²) in [5, 5.41) is 0. The molecule has 0 aliphatic heterocycles. The second-order valence-electron chi connectivity index (χ2n) is 3.25. The van der Waals surface area contributed by atoms with Crippen LogP contribution in [0.15, 0.2) is 11.3 Å². The van der Waals surface area contributed by atoms with Crippen LogP contribution in [0.25, 0.3) is 0 Å². The third kappa shape index (κ3) is 3.60. The summed E-state index contributed by atoms with van der Waals surface area (Å²) in [6.07, 6.45) is 0. The Morgan fingerprint density at radius 3 is 1.93 bits per heavy atom. The topological polar surface area (TPSA) is 52.6 Å². The van der Waals surface area contributed by atoms with Gasteiger partial charge in [0.15, 0.2) is 0 Å². The van der Waals surface area contributed by atoms with Gasteiger partial charge in [-0.3, -0.25) is 4.79 Å². The van der Waals surface area contributed by atoms with Crippen LogP contribution in [0.3, 0.4) is 0 Å². The average molecular weight is 200 g/mol. The molecule has 14 heavy (non-hydrogen) atoms. The summed E-state index contributed by atoms with van der Waals surface area (Å²) in [5.74, 6) is -1.02. The van der Waals surface area contributed by atoms with Gasteiger partial charge < -0.3 is 9.47 Å². The summed E-state index contributed by atoms with van der Waals surface area (Å²) in [6, 6.07) is 0. The molecule has 80 valence electrons. The molecule has 0 spiro atoms. The standard InChI is InChI=1S/C10H16O4/c1-6(2)7(3)9(10(12)13-5)14-8(4)11/h6H,1-5H3. The van der Waals surface area contributed by atoms with E-state index in [1.54, 1.807) is 6.92 Å². The predicted octanol–water partition coefficient (Wildman–Crippen LogP) is 1.65. The van der Waals surface area contributed by atoms with Crippen molar-refractivity contribution in [1.82, 2.24) is 0 Å². The van der Waals surface area contributed by atoms with Crippen molar-refractivity contribution in [3.63, 3.8) is 0 Å². The maximum atomic E-state index is 11.2. The van der Waals surface area contributed by atoms with Gasteiger partial charge >= 0.3 is 11.9 Å². The number of allylic oxidation sites excluding steroid dienone is 1. The van der Waals surface area contributed by atoms with Crippen molar-refractivity contribution in [3.05, 3.63) is 11.3 Å².